The van der Waals surface area contributed by atoms with Crippen LogP contribution in [0.1, 0.15) is 11.4 Å². The molecule has 0 aliphatic carbocycles. The highest BCUT2D eigenvalue weighted by Gasteiger charge is 2.16. The van der Waals surface area contributed by atoms with Crippen LogP contribution in [-0.2, 0) is 18.3 Å². The van der Waals surface area contributed by atoms with Crippen LogP contribution in [0.4, 0.5) is 0 Å². The summed E-state index contributed by atoms with van der Waals surface area (Å²) >= 11 is 3.39. The van der Waals surface area contributed by atoms with Gasteiger partial charge in [0.05, 0.1) is 12.1 Å². The zero-order chi connectivity index (χ0) is 13.3. The first-order valence-electron chi connectivity index (χ1n) is 5.49. The Morgan fingerprint density at radius 1 is 1.39 bits per heavy atom. The fraction of sp³-hybridized carbons (Fsp3) is 0.231. The van der Waals surface area contributed by atoms with Gasteiger partial charge in [-0.05, 0) is 24.6 Å². The molecule has 2 aromatic rings. The Labute approximate surface area is 113 Å². The zero-order valence-electron chi connectivity index (χ0n) is 10.1. The molecule has 1 aromatic heterocycles. The number of carboxylic acids is 1. The molecule has 0 spiro atoms. The number of aromatic nitrogens is 2. The van der Waals surface area contributed by atoms with Gasteiger partial charge in [-0.2, -0.15) is 5.10 Å². The second kappa shape index (κ2) is 4.94. The van der Waals surface area contributed by atoms with Crippen molar-refractivity contribution < 1.29 is 9.90 Å². The number of aliphatic carboxylic acids is 1. The van der Waals surface area contributed by atoms with Crippen LogP contribution >= 0.6 is 15.9 Å². The van der Waals surface area contributed by atoms with E-state index in [1.165, 1.54) is 0 Å². The fourth-order valence-corrected chi connectivity index (χ4v) is 2.20. The van der Waals surface area contributed by atoms with Crippen LogP contribution in [0.2, 0.25) is 0 Å². The Morgan fingerprint density at radius 3 is 2.56 bits per heavy atom. The third kappa shape index (κ3) is 2.46. The molecule has 0 unspecified atom stereocenters. The molecule has 4 nitrogen and oxygen atoms in total. The van der Waals surface area contributed by atoms with Crippen molar-refractivity contribution in [1.82, 2.24) is 9.78 Å². The molecule has 1 heterocycles. The van der Waals surface area contributed by atoms with E-state index in [1.54, 1.807) is 4.68 Å². The summed E-state index contributed by atoms with van der Waals surface area (Å²) in [6, 6.07) is 7.79. The Morgan fingerprint density at radius 2 is 2.00 bits per heavy atom. The molecule has 1 aromatic carbocycles. The van der Waals surface area contributed by atoms with E-state index in [-0.39, 0.29) is 6.42 Å². The number of aryl methyl sites for hydroxylation is 1. The lowest BCUT2D eigenvalue weighted by atomic mass is 10.0. The van der Waals surface area contributed by atoms with Crippen LogP contribution in [0, 0.1) is 6.92 Å². The molecule has 5 heteroatoms. The lowest BCUT2D eigenvalue weighted by Gasteiger charge is -2.03. The SMILES string of the molecule is Cc1c(-c2ccc(Br)cc2)c(CC(=O)O)nn1C. The minimum atomic E-state index is -0.869. The van der Waals surface area contributed by atoms with Crippen molar-refractivity contribution in [1.29, 1.82) is 0 Å². The molecule has 0 atom stereocenters. The second-order valence-electron chi connectivity index (χ2n) is 4.11. The summed E-state index contributed by atoms with van der Waals surface area (Å²) in [6.07, 6.45) is -0.0624. The molecule has 18 heavy (non-hydrogen) atoms. The van der Waals surface area contributed by atoms with Crippen molar-refractivity contribution in [2.24, 2.45) is 7.05 Å². The maximum atomic E-state index is 10.9. The van der Waals surface area contributed by atoms with Gasteiger partial charge in [0.15, 0.2) is 0 Å². The van der Waals surface area contributed by atoms with Crippen molar-refractivity contribution in [3.05, 3.63) is 40.1 Å². The maximum Gasteiger partial charge on any atom is 0.309 e. The molecule has 2 rings (SSSR count). The maximum absolute atomic E-state index is 10.9. The summed E-state index contributed by atoms with van der Waals surface area (Å²) in [7, 11) is 1.82. The predicted octanol–water partition coefficient (Wildman–Crippen LogP) is 2.79. The Bertz CT molecular complexity index is 588. The molecule has 94 valence electrons. The van der Waals surface area contributed by atoms with Gasteiger partial charge in [-0.3, -0.25) is 9.48 Å². The largest absolute Gasteiger partial charge is 0.481 e. The average molecular weight is 309 g/mol. The van der Waals surface area contributed by atoms with Gasteiger partial charge in [-0.1, -0.05) is 28.1 Å². The molecule has 0 saturated carbocycles. The van der Waals surface area contributed by atoms with Gasteiger partial charge in [-0.25, -0.2) is 0 Å². The van der Waals surface area contributed by atoms with E-state index >= 15 is 0 Å². The number of nitrogens with zero attached hydrogens (tertiary/aromatic N) is 2. The van der Waals surface area contributed by atoms with Crippen LogP contribution < -0.4 is 0 Å². The van der Waals surface area contributed by atoms with Crippen molar-refractivity contribution in [2.75, 3.05) is 0 Å². The molecule has 0 aliphatic rings. The van der Waals surface area contributed by atoms with Crippen LogP contribution in [0.15, 0.2) is 28.7 Å². The van der Waals surface area contributed by atoms with Crippen molar-refractivity contribution in [3.63, 3.8) is 0 Å². The third-order valence-corrected chi connectivity index (χ3v) is 3.39. The number of carboxylic acid groups (broad SMARTS) is 1. The van der Waals surface area contributed by atoms with Crippen molar-refractivity contribution in [3.8, 4) is 11.1 Å². The minimum Gasteiger partial charge on any atom is -0.481 e. The van der Waals surface area contributed by atoms with Gasteiger partial charge in [0.2, 0.25) is 0 Å². The van der Waals surface area contributed by atoms with Crippen molar-refractivity contribution in [2.45, 2.75) is 13.3 Å². The lowest BCUT2D eigenvalue weighted by Crippen LogP contribution is -2.02. The summed E-state index contributed by atoms with van der Waals surface area (Å²) < 4.78 is 2.71. The molecule has 0 radical (unpaired) electrons. The Hall–Kier alpha value is -1.62. The first-order chi connectivity index (χ1) is 8.49. The molecule has 0 fully saturated rings. The molecule has 0 aliphatic heterocycles. The second-order valence-corrected chi connectivity index (χ2v) is 5.02. The highest BCUT2D eigenvalue weighted by Crippen LogP contribution is 2.28. The Balaban J connectivity index is 2.54. The summed E-state index contributed by atoms with van der Waals surface area (Å²) in [4.78, 5) is 10.9. The number of rotatable bonds is 3. The highest BCUT2D eigenvalue weighted by atomic mass is 79.9. The average Bonchev–Trinajstić information content (AvgIpc) is 2.55. The molecule has 0 bridgehead atoms. The van der Waals surface area contributed by atoms with E-state index in [4.69, 9.17) is 5.11 Å². The van der Waals surface area contributed by atoms with E-state index in [1.807, 2.05) is 38.2 Å². The van der Waals surface area contributed by atoms with Crippen LogP contribution in [0.25, 0.3) is 11.1 Å². The summed E-state index contributed by atoms with van der Waals surface area (Å²) in [5.74, 6) is -0.869. The molecular formula is C13H13BrN2O2. The van der Waals surface area contributed by atoms with E-state index in [9.17, 15) is 4.79 Å². The monoisotopic (exact) mass is 308 g/mol. The van der Waals surface area contributed by atoms with E-state index in [2.05, 4.69) is 21.0 Å². The van der Waals surface area contributed by atoms with Crippen LogP contribution in [0.5, 0.6) is 0 Å². The zero-order valence-corrected chi connectivity index (χ0v) is 11.7. The van der Waals surface area contributed by atoms with Gasteiger partial charge in [-0.15, -0.1) is 0 Å². The van der Waals surface area contributed by atoms with E-state index in [0.717, 1.165) is 21.3 Å². The molecule has 1 N–H and O–H groups in total. The number of carbonyl (C=O) groups is 1. The van der Waals surface area contributed by atoms with Gasteiger partial charge < -0.3 is 5.11 Å². The van der Waals surface area contributed by atoms with Gasteiger partial charge in [0, 0.05) is 22.8 Å². The highest BCUT2D eigenvalue weighted by molar-refractivity contribution is 9.10. The van der Waals surface area contributed by atoms with E-state index in [0.29, 0.717) is 5.69 Å². The summed E-state index contributed by atoms with van der Waals surface area (Å²) in [5.41, 5.74) is 3.46. The predicted molar refractivity (Wildman–Crippen MR) is 72.4 cm³/mol. The molecule has 0 amide bonds. The van der Waals surface area contributed by atoms with Gasteiger partial charge >= 0.3 is 5.97 Å². The normalized spacial score (nSPS) is 10.6. The first kappa shape index (κ1) is 12.8. The number of hydrogen-bond acceptors (Lipinski definition) is 2. The van der Waals surface area contributed by atoms with Gasteiger partial charge in [0.25, 0.3) is 0 Å². The summed E-state index contributed by atoms with van der Waals surface area (Å²) in [6.45, 7) is 1.94. The lowest BCUT2D eigenvalue weighted by molar-refractivity contribution is -0.136. The van der Waals surface area contributed by atoms with Crippen LogP contribution in [-0.4, -0.2) is 20.9 Å². The number of halogens is 1. The summed E-state index contributed by atoms with van der Waals surface area (Å²) in [5, 5.41) is 13.2. The van der Waals surface area contributed by atoms with Crippen molar-refractivity contribution >= 4 is 21.9 Å². The first-order valence-corrected chi connectivity index (χ1v) is 6.28. The number of hydrogen-bond donors (Lipinski definition) is 1. The third-order valence-electron chi connectivity index (χ3n) is 2.86. The number of benzene rings is 1. The van der Waals surface area contributed by atoms with E-state index < -0.39 is 5.97 Å². The Kier molecular flexibility index (Phi) is 3.52. The minimum absolute atomic E-state index is 0.0624. The molecular weight excluding hydrogens is 296 g/mol. The topological polar surface area (TPSA) is 55.1 Å². The standard InChI is InChI=1S/C13H13BrN2O2/c1-8-13(9-3-5-10(14)6-4-9)11(7-12(17)18)15-16(8)2/h3-6H,7H2,1-2H3,(H,17,18). The quantitative estimate of drug-likeness (QED) is 0.948. The fourth-order valence-electron chi connectivity index (χ4n) is 1.94. The smallest absolute Gasteiger partial charge is 0.309 e. The molecule has 0 saturated heterocycles. The van der Waals surface area contributed by atoms with Gasteiger partial charge in [0.1, 0.15) is 0 Å². The van der Waals surface area contributed by atoms with Crippen LogP contribution in [0.3, 0.4) is 0 Å².